The van der Waals surface area contributed by atoms with Gasteiger partial charge in [-0.25, -0.2) is 4.39 Å². The van der Waals surface area contributed by atoms with Gasteiger partial charge in [0.2, 0.25) is 0 Å². The average Bonchev–Trinajstić information content (AvgIpc) is 2.16. The molecule has 1 rings (SSSR count). The van der Waals surface area contributed by atoms with Crippen LogP contribution in [0.3, 0.4) is 0 Å². The highest BCUT2D eigenvalue weighted by molar-refractivity contribution is 5.27. The van der Waals surface area contributed by atoms with Crippen molar-refractivity contribution >= 4 is 0 Å². The number of nitrogens with two attached hydrogens (primary N) is 1. The first kappa shape index (κ1) is 11.2. The van der Waals surface area contributed by atoms with Crippen molar-refractivity contribution in [3.63, 3.8) is 0 Å². The van der Waals surface area contributed by atoms with E-state index in [-0.39, 0.29) is 5.82 Å². The van der Waals surface area contributed by atoms with Crippen LogP contribution in [0.4, 0.5) is 4.39 Å². The van der Waals surface area contributed by atoms with E-state index in [1.54, 1.807) is 6.07 Å². The molecule has 0 saturated heterocycles. The maximum absolute atomic E-state index is 13.3. The third-order valence-electron chi connectivity index (χ3n) is 2.39. The maximum atomic E-state index is 13.3. The van der Waals surface area contributed by atoms with Crippen LogP contribution in [0.5, 0.6) is 0 Å². The average molecular weight is 195 g/mol. The van der Waals surface area contributed by atoms with E-state index in [0.717, 1.165) is 18.4 Å². The molecule has 0 saturated carbocycles. The van der Waals surface area contributed by atoms with Gasteiger partial charge >= 0.3 is 0 Å². The van der Waals surface area contributed by atoms with E-state index in [1.165, 1.54) is 5.56 Å². The van der Waals surface area contributed by atoms with Crippen LogP contribution in [-0.2, 0) is 6.42 Å². The first-order chi connectivity index (χ1) is 6.65. The molecule has 0 amide bonds. The molecule has 0 spiro atoms. The van der Waals surface area contributed by atoms with Crippen LogP contribution in [-0.4, -0.2) is 6.54 Å². The number of aryl methyl sites for hydroxylation is 1. The van der Waals surface area contributed by atoms with Crippen molar-refractivity contribution in [2.24, 2.45) is 5.73 Å². The fourth-order valence-corrected chi connectivity index (χ4v) is 1.44. The van der Waals surface area contributed by atoms with Gasteiger partial charge in [0.1, 0.15) is 5.82 Å². The summed E-state index contributed by atoms with van der Waals surface area (Å²) in [4.78, 5) is 0. The van der Waals surface area contributed by atoms with Gasteiger partial charge in [-0.05, 0) is 42.5 Å². The third-order valence-corrected chi connectivity index (χ3v) is 2.39. The molecule has 0 aliphatic heterocycles. The second-order valence-electron chi connectivity index (χ2n) is 3.90. The van der Waals surface area contributed by atoms with Crippen molar-refractivity contribution in [3.8, 4) is 0 Å². The highest BCUT2D eigenvalue weighted by atomic mass is 19.1. The fraction of sp³-hybridized carbons (Fsp3) is 0.500. The molecule has 78 valence electrons. The Morgan fingerprint density at radius 3 is 2.64 bits per heavy atom. The Morgan fingerprint density at radius 2 is 2.07 bits per heavy atom. The largest absolute Gasteiger partial charge is 0.330 e. The lowest BCUT2D eigenvalue weighted by Crippen LogP contribution is -2.02. The second kappa shape index (κ2) is 5.11. The summed E-state index contributed by atoms with van der Waals surface area (Å²) in [5, 5.41) is 0. The number of rotatable bonds is 4. The van der Waals surface area contributed by atoms with E-state index in [9.17, 15) is 4.39 Å². The summed E-state index contributed by atoms with van der Waals surface area (Å²) in [6.07, 6.45) is 1.58. The summed E-state index contributed by atoms with van der Waals surface area (Å²) in [7, 11) is 0. The van der Waals surface area contributed by atoms with Gasteiger partial charge in [-0.1, -0.05) is 26.0 Å². The zero-order chi connectivity index (χ0) is 10.6. The van der Waals surface area contributed by atoms with Gasteiger partial charge < -0.3 is 5.73 Å². The first-order valence-corrected chi connectivity index (χ1v) is 5.13. The van der Waals surface area contributed by atoms with Gasteiger partial charge in [0, 0.05) is 0 Å². The van der Waals surface area contributed by atoms with Crippen LogP contribution in [0.2, 0.25) is 0 Å². The molecule has 0 atom stereocenters. The highest BCUT2D eigenvalue weighted by Crippen LogP contribution is 2.18. The molecule has 2 heteroatoms. The normalized spacial score (nSPS) is 10.9. The Labute approximate surface area is 85.1 Å². The van der Waals surface area contributed by atoms with Crippen LogP contribution < -0.4 is 5.73 Å². The molecule has 0 aliphatic rings. The number of benzene rings is 1. The SMILES string of the molecule is CC(C)c1ccc(F)c(CCCN)c1. The molecule has 0 unspecified atom stereocenters. The maximum Gasteiger partial charge on any atom is 0.126 e. The Morgan fingerprint density at radius 1 is 1.36 bits per heavy atom. The van der Waals surface area contributed by atoms with Gasteiger partial charge in [0.05, 0.1) is 0 Å². The Bertz CT molecular complexity index is 294. The molecule has 1 aromatic carbocycles. The number of hydrogen-bond donors (Lipinski definition) is 1. The number of hydrogen-bond acceptors (Lipinski definition) is 1. The van der Waals surface area contributed by atoms with Crippen molar-refractivity contribution in [1.29, 1.82) is 0 Å². The molecule has 0 fully saturated rings. The first-order valence-electron chi connectivity index (χ1n) is 5.13. The van der Waals surface area contributed by atoms with E-state index in [0.29, 0.717) is 12.5 Å². The fourth-order valence-electron chi connectivity index (χ4n) is 1.44. The third kappa shape index (κ3) is 2.81. The molecule has 1 aromatic rings. The Balaban J connectivity index is 2.85. The standard InChI is InChI=1S/C12H18FN/c1-9(2)10-5-6-12(13)11(8-10)4-3-7-14/h5-6,8-9H,3-4,7,14H2,1-2H3. The summed E-state index contributed by atoms with van der Waals surface area (Å²) in [5.41, 5.74) is 7.39. The van der Waals surface area contributed by atoms with Gasteiger partial charge in [-0.2, -0.15) is 0 Å². The van der Waals surface area contributed by atoms with Crippen LogP contribution >= 0.6 is 0 Å². The highest BCUT2D eigenvalue weighted by Gasteiger charge is 2.05. The minimum Gasteiger partial charge on any atom is -0.330 e. The topological polar surface area (TPSA) is 26.0 Å². The molecule has 0 aromatic heterocycles. The smallest absolute Gasteiger partial charge is 0.126 e. The lowest BCUT2D eigenvalue weighted by molar-refractivity contribution is 0.603. The summed E-state index contributed by atoms with van der Waals surface area (Å²) < 4.78 is 13.3. The van der Waals surface area contributed by atoms with Gasteiger partial charge in [-0.15, -0.1) is 0 Å². The molecule has 1 nitrogen and oxygen atoms in total. The molecule has 2 N–H and O–H groups in total. The number of halogens is 1. The molecular formula is C12H18FN. The van der Waals surface area contributed by atoms with Crippen molar-refractivity contribution in [2.75, 3.05) is 6.54 Å². The molecular weight excluding hydrogens is 177 g/mol. The van der Waals surface area contributed by atoms with Crippen molar-refractivity contribution in [2.45, 2.75) is 32.6 Å². The molecule has 0 heterocycles. The second-order valence-corrected chi connectivity index (χ2v) is 3.90. The van der Waals surface area contributed by atoms with Crippen LogP contribution in [0, 0.1) is 5.82 Å². The molecule has 0 aliphatic carbocycles. The van der Waals surface area contributed by atoms with E-state index >= 15 is 0 Å². The van der Waals surface area contributed by atoms with Crippen molar-refractivity contribution < 1.29 is 4.39 Å². The van der Waals surface area contributed by atoms with E-state index in [2.05, 4.69) is 13.8 Å². The lowest BCUT2D eigenvalue weighted by Gasteiger charge is -2.08. The minimum absolute atomic E-state index is 0.108. The molecule has 0 radical (unpaired) electrons. The summed E-state index contributed by atoms with van der Waals surface area (Å²) in [5.74, 6) is 0.343. The van der Waals surface area contributed by atoms with Gasteiger partial charge in [0.25, 0.3) is 0 Å². The predicted molar refractivity (Wildman–Crippen MR) is 57.9 cm³/mol. The summed E-state index contributed by atoms with van der Waals surface area (Å²) in [6, 6.07) is 5.36. The molecule has 0 bridgehead atoms. The summed E-state index contributed by atoms with van der Waals surface area (Å²) in [6.45, 7) is 4.84. The summed E-state index contributed by atoms with van der Waals surface area (Å²) >= 11 is 0. The van der Waals surface area contributed by atoms with Gasteiger partial charge in [0.15, 0.2) is 0 Å². The Kier molecular flexibility index (Phi) is 4.08. The Hall–Kier alpha value is -0.890. The van der Waals surface area contributed by atoms with Crippen LogP contribution in [0.25, 0.3) is 0 Å². The quantitative estimate of drug-likeness (QED) is 0.785. The zero-order valence-corrected chi connectivity index (χ0v) is 8.89. The van der Waals surface area contributed by atoms with Crippen molar-refractivity contribution in [1.82, 2.24) is 0 Å². The van der Waals surface area contributed by atoms with Gasteiger partial charge in [-0.3, -0.25) is 0 Å². The van der Waals surface area contributed by atoms with Crippen LogP contribution in [0.1, 0.15) is 37.3 Å². The van der Waals surface area contributed by atoms with E-state index in [1.807, 2.05) is 12.1 Å². The zero-order valence-electron chi connectivity index (χ0n) is 8.89. The molecule has 14 heavy (non-hydrogen) atoms. The van der Waals surface area contributed by atoms with Crippen molar-refractivity contribution in [3.05, 3.63) is 35.1 Å². The van der Waals surface area contributed by atoms with Crippen LogP contribution in [0.15, 0.2) is 18.2 Å². The lowest BCUT2D eigenvalue weighted by atomic mass is 9.98. The van der Waals surface area contributed by atoms with E-state index in [4.69, 9.17) is 5.73 Å². The minimum atomic E-state index is -0.108. The van der Waals surface area contributed by atoms with E-state index < -0.39 is 0 Å². The monoisotopic (exact) mass is 195 g/mol. The predicted octanol–water partition coefficient (Wildman–Crippen LogP) is 2.84.